The minimum atomic E-state index is 0.352. The van der Waals surface area contributed by atoms with Crippen LogP contribution < -0.4 is 0 Å². The van der Waals surface area contributed by atoms with Gasteiger partial charge in [-0.3, -0.25) is 0 Å². The van der Waals surface area contributed by atoms with Gasteiger partial charge >= 0.3 is 0 Å². The van der Waals surface area contributed by atoms with Crippen LogP contribution in [-0.4, -0.2) is 69.0 Å². The van der Waals surface area contributed by atoms with E-state index in [1.54, 1.807) is 0 Å². The summed E-state index contributed by atoms with van der Waals surface area (Å²) in [6.45, 7) is 9.30. The highest BCUT2D eigenvalue weighted by Gasteiger charge is 2.26. The molecule has 0 atom stereocenters. The molecule has 5 rings (SSSR count). The van der Waals surface area contributed by atoms with E-state index in [-0.39, 0.29) is 0 Å². The van der Waals surface area contributed by atoms with E-state index in [1.165, 1.54) is 45.4 Å². The van der Waals surface area contributed by atoms with E-state index in [2.05, 4.69) is 34.0 Å². The van der Waals surface area contributed by atoms with Gasteiger partial charge in [0.15, 0.2) is 0 Å². The Labute approximate surface area is 178 Å². The van der Waals surface area contributed by atoms with Crippen molar-refractivity contribution < 1.29 is 4.52 Å². The van der Waals surface area contributed by atoms with Gasteiger partial charge in [-0.15, -0.1) is 0 Å². The van der Waals surface area contributed by atoms with E-state index >= 15 is 0 Å². The summed E-state index contributed by atoms with van der Waals surface area (Å²) in [6, 6.07) is 8.26. The fourth-order valence-corrected chi connectivity index (χ4v) is 4.89. The summed E-state index contributed by atoms with van der Waals surface area (Å²) in [5, 5.41) is 10.2. The van der Waals surface area contributed by atoms with Crippen LogP contribution in [0.3, 0.4) is 0 Å². The predicted molar refractivity (Wildman–Crippen MR) is 117 cm³/mol. The van der Waals surface area contributed by atoms with Crippen LogP contribution in [0.2, 0.25) is 0 Å². The molecule has 2 fully saturated rings. The minimum absolute atomic E-state index is 0.352. The zero-order valence-electron chi connectivity index (χ0n) is 18.0. The molecular formula is C23H32N6O. The van der Waals surface area contributed by atoms with Crippen LogP contribution in [0.15, 0.2) is 28.8 Å². The lowest BCUT2D eigenvalue weighted by Gasteiger charge is -2.33. The maximum Gasteiger partial charge on any atom is 0.291 e. The summed E-state index contributed by atoms with van der Waals surface area (Å²) < 4.78 is 7.52. The van der Waals surface area contributed by atoms with Crippen molar-refractivity contribution in [2.75, 3.05) is 39.3 Å². The molecule has 0 bridgehead atoms. The van der Waals surface area contributed by atoms with Crippen LogP contribution in [0.5, 0.6) is 0 Å². The van der Waals surface area contributed by atoms with Gasteiger partial charge in [-0.1, -0.05) is 31.5 Å². The molecule has 0 saturated carbocycles. The van der Waals surface area contributed by atoms with E-state index < -0.39 is 0 Å². The number of fused-ring (bicyclic) bond motifs is 1. The highest BCUT2D eigenvalue weighted by Crippen LogP contribution is 2.28. The van der Waals surface area contributed by atoms with Gasteiger partial charge in [0, 0.05) is 24.4 Å². The standard InChI is InChI=1S/C23H32N6O/c1-2-20-19-8-4-5-9-21(19)29(25-20)23-24-22(30-26-23)18-10-14-28(15-11-18)17-16-27-12-6-3-7-13-27/h4-5,8-9,18H,2-3,6-7,10-17H2,1H3. The topological polar surface area (TPSA) is 63.2 Å². The quantitative estimate of drug-likeness (QED) is 0.621. The summed E-state index contributed by atoms with van der Waals surface area (Å²) in [5.74, 6) is 1.66. The third-order valence-electron chi connectivity index (χ3n) is 6.74. The molecular weight excluding hydrogens is 376 g/mol. The molecule has 4 heterocycles. The Kier molecular flexibility index (Phi) is 5.82. The summed E-state index contributed by atoms with van der Waals surface area (Å²) in [6.07, 6.45) is 7.19. The van der Waals surface area contributed by atoms with Crippen molar-refractivity contribution in [3.8, 4) is 5.95 Å². The Morgan fingerprint density at radius 3 is 2.47 bits per heavy atom. The third kappa shape index (κ3) is 4.01. The molecule has 2 aliphatic heterocycles. The second kappa shape index (κ2) is 8.86. The Bertz CT molecular complexity index is 965. The fraction of sp³-hybridized carbons (Fsp3) is 0.609. The van der Waals surface area contributed by atoms with Gasteiger partial charge < -0.3 is 14.3 Å². The number of hydrogen-bond donors (Lipinski definition) is 0. The minimum Gasteiger partial charge on any atom is -0.337 e. The van der Waals surface area contributed by atoms with Crippen LogP contribution in [0, 0.1) is 0 Å². The summed E-state index contributed by atoms with van der Waals surface area (Å²) in [5.41, 5.74) is 2.10. The van der Waals surface area contributed by atoms with Gasteiger partial charge in [-0.25, -0.2) is 0 Å². The van der Waals surface area contributed by atoms with E-state index in [0.29, 0.717) is 11.9 Å². The van der Waals surface area contributed by atoms with E-state index in [0.717, 1.165) is 54.8 Å². The number of para-hydroxylation sites is 1. The summed E-state index contributed by atoms with van der Waals surface area (Å²) in [4.78, 5) is 9.96. The zero-order chi connectivity index (χ0) is 20.3. The maximum atomic E-state index is 5.69. The predicted octanol–water partition coefficient (Wildman–Crippen LogP) is 3.64. The lowest BCUT2D eigenvalue weighted by molar-refractivity contribution is 0.152. The second-order valence-electron chi connectivity index (χ2n) is 8.68. The van der Waals surface area contributed by atoms with Crippen molar-refractivity contribution >= 4 is 10.9 Å². The molecule has 30 heavy (non-hydrogen) atoms. The van der Waals surface area contributed by atoms with Crippen LogP contribution in [0.4, 0.5) is 0 Å². The first kappa shape index (κ1) is 19.7. The molecule has 0 N–H and O–H groups in total. The zero-order valence-corrected chi connectivity index (χ0v) is 18.0. The van der Waals surface area contributed by atoms with Gasteiger partial charge in [0.05, 0.1) is 11.2 Å². The maximum absolute atomic E-state index is 5.69. The average molecular weight is 409 g/mol. The van der Waals surface area contributed by atoms with Crippen LogP contribution >= 0.6 is 0 Å². The highest BCUT2D eigenvalue weighted by atomic mass is 16.5. The van der Waals surface area contributed by atoms with E-state index in [4.69, 9.17) is 14.6 Å². The van der Waals surface area contributed by atoms with E-state index in [1.807, 2.05) is 16.8 Å². The normalized spacial score (nSPS) is 19.6. The van der Waals surface area contributed by atoms with Crippen molar-refractivity contribution in [2.24, 2.45) is 0 Å². The Balaban J connectivity index is 1.22. The number of aromatic nitrogens is 4. The first-order chi connectivity index (χ1) is 14.8. The van der Waals surface area contributed by atoms with Crippen LogP contribution in [-0.2, 0) is 6.42 Å². The molecule has 0 radical (unpaired) electrons. The Morgan fingerprint density at radius 1 is 0.967 bits per heavy atom. The van der Waals surface area contributed by atoms with Crippen LogP contribution in [0.1, 0.15) is 56.5 Å². The molecule has 7 heteroatoms. The van der Waals surface area contributed by atoms with Crippen molar-refractivity contribution in [3.63, 3.8) is 0 Å². The van der Waals surface area contributed by atoms with E-state index in [9.17, 15) is 0 Å². The number of benzene rings is 1. The van der Waals surface area contributed by atoms with Gasteiger partial charge in [0.2, 0.25) is 5.89 Å². The van der Waals surface area contributed by atoms with Gasteiger partial charge in [-0.2, -0.15) is 14.8 Å². The lowest BCUT2D eigenvalue weighted by Crippen LogP contribution is -2.40. The fourth-order valence-electron chi connectivity index (χ4n) is 4.89. The highest BCUT2D eigenvalue weighted by molar-refractivity contribution is 5.83. The summed E-state index contributed by atoms with van der Waals surface area (Å²) in [7, 11) is 0. The molecule has 7 nitrogen and oxygen atoms in total. The number of hydrogen-bond acceptors (Lipinski definition) is 6. The van der Waals surface area contributed by atoms with Crippen molar-refractivity contribution in [1.82, 2.24) is 29.7 Å². The molecule has 0 spiro atoms. The Morgan fingerprint density at radius 2 is 1.70 bits per heavy atom. The monoisotopic (exact) mass is 408 g/mol. The number of piperidine rings is 2. The number of aryl methyl sites for hydroxylation is 1. The average Bonchev–Trinajstić information content (AvgIpc) is 3.44. The van der Waals surface area contributed by atoms with Crippen molar-refractivity contribution in [2.45, 2.75) is 51.4 Å². The Hall–Kier alpha value is -2.25. The smallest absolute Gasteiger partial charge is 0.291 e. The van der Waals surface area contributed by atoms with Gasteiger partial charge in [0.25, 0.3) is 5.95 Å². The molecule has 2 aliphatic rings. The molecule has 2 aromatic heterocycles. The van der Waals surface area contributed by atoms with Crippen molar-refractivity contribution in [3.05, 3.63) is 35.9 Å². The molecule has 2 saturated heterocycles. The second-order valence-corrected chi connectivity index (χ2v) is 8.68. The van der Waals surface area contributed by atoms with Gasteiger partial charge in [0.1, 0.15) is 0 Å². The number of rotatable bonds is 6. The molecule has 0 unspecified atom stereocenters. The molecule has 0 amide bonds. The lowest BCUT2D eigenvalue weighted by atomic mass is 9.97. The van der Waals surface area contributed by atoms with Gasteiger partial charge in [-0.05, 0) is 69.5 Å². The largest absolute Gasteiger partial charge is 0.337 e. The first-order valence-electron chi connectivity index (χ1n) is 11.6. The van der Waals surface area contributed by atoms with Crippen molar-refractivity contribution in [1.29, 1.82) is 0 Å². The molecule has 160 valence electrons. The summed E-state index contributed by atoms with van der Waals surface area (Å²) >= 11 is 0. The number of nitrogens with zero attached hydrogens (tertiary/aromatic N) is 6. The first-order valence-corrected chi connectivity index (χ1v) is 11.6. The molecule has 0 aliphatic carbocycles. The SMILES string of the molecule is CCc1nn(-c2noc(C3CCN(CCN4CCCCC4)CC3)n2)c2ccccc12. The molecule has 3 aromatic rings. The van der Waals surface area contributed by atoms with Crippen LogP contribution in [0.25, 0.3) is 16.9 Å². The third-order valence-corrected chi connectivity index (χ3v) is 6.74. The molecule has 1 aromatic carbocycles. The number of likely N-dealkylation sites (tertiary alicyclic amines) is 2.